The number of ether oxygens (including phenoxy) is 1. The highest BCUT2D eigenvalue weighted by Crippen LogP contribution is 2.24. The monoisotopic (exact) mass is 331 g/mol. The molecule has 0 bridgehead atoms. The third-order valence-electron chi connectivity index (χ3n) is 4.63. The van der Waals surface area contributed by atoms with E-state index >= 15 is 0 Å². The van der Waals surface area contributed by atoms with Crippen LogP contribution in [0.2, 0.25) is 0 Å². The summed E-state index contributed by atoms with van der Waals surface area (Å²) in [5, 5.41) is 0. The van der Waals surface area contributed by atoms with Gasteiger partial charge in [-0.15, -0.1) is 0 Å². The lowest BCUT2D eigenvalue weighted by Gasteiger charge is -2.28. The molecule has 2 heterocycles. The van der Waals surface area contributed by atoms with Crippen molar-refractivity contribution in [2.24, 2.45) is 0 Å². The fourth-order valence-corrected chi connectivity index (χ4v) is 3.31. The molecule has 0 atom stereocenters. The van der Waals surface area contributed by atoms with Gasteiger partial charge < -0.3 is 4.74 Å². The number of hydrogen-bond acceptors (Lipinski definition) is 4. The zero-order chi connectivity index (χ0) is 17.1. The minimum absolute atomic E-state index is 0.817. The SMILES string of the molecule is COc1ccccc1CN1CCc2nc(-c3ccccc3)ncc2C1. The Morgan fingerprint density at radius 3 is 2.68 bits per heavy atom. The molecule has 0 unspecified atom stereocenters. The van der Waals surface area contributed by atoms with Gasteiger partial charge in [0.2, 0.25) is 0 Å². The van der Waals surface area contributed by atoms with E-state index < -0.39 is 0 Å². The number of fused-ring (bicyclic) bond motifs is 1. The van der Waals surface area contributed by atoms with E-state index in [1.165, 1.54) is 16.8 Å². The number of methoxy groups -OCH3 is 1. The van der Waals surface area contributed by atoms with Crippen LogP contribution in [0.4, 0.5) is 0 Å². The van der Waals surface area contributed by atoms with E-state index in [0.717, 1.165) is 43.2 Å². The van der Waals surface area contributed by atoms with Gasteiger partial charge in [0.1, 0.15) is 5.75 Å². The summed E-state index contributed by atoms with van der Waals surface area (Å²) in [5.74, 6) is 1.77. The van der Waals surface area contributed by atoms with E-state index in [4.69, 9.17) is 9.72 Å². The van der Waals surface area contributed by atoms with Crippen LogP contribution in [0.25, 0.3) is 11.4 Å². The molecule has 0 saturated heterocycles. The van der Waals surface area contributed by atoms with Crippen LogP contribution in [-0.2, 0) is 19.5 Å². The van der Waals surface area contributed by atoms with Gasteiger partial charge in [0.05, 0.1) is 12.8 Å². The molecule has 1 aliphatic rings. The first kappa shape index (κ1) is 15.8. The van der Waals surface area contributed by atoms with E-state index in [1.807, 2.05) is 36.5 Å². The summed E-state index contributed by atoms with van der Waals surface area (Å²) in [6.45, 7) is 2.75. The fourth-order valence-electron chi connectivity index (χ4n) is 3.31. The molecule has 0 saturated carbocycles. The van der Waals surface area contributed by atoms with Crippen molar-refractivity contribution in [2.45, 2.75) is 19.5 Å². The molecule has 4 rings (SSSR count). The lowest BCUT2D eigenvalue weighted by molar-refractivity contribution is 0.239. The first-order valence-corrected chi connectivity index (χ1v) is 8.58. The maximum absolute atomic E-state index is 5.47. The number of rotatable bonds is 4. The van der Waals surface area contributed by atoms with Crippen molar-refractivity contribution in [3.63, 3.8) is 0 Å². The molecule has 4 nitrogen and oxygen atoms in total. The molecule has 0 aliphatic carbocycles. The number of hydrogen-bond donors (Lipinski definition) is 0. The predicted octanol–water partition coefficient (Wildman–Crippen LogP) is 3.71. The zero-order valence-corrected chi connectivity index (χ0v) is 14.4. The van der Waals surface area contributed by atoms with Crippen molar-refractivity contribution >= 4 is 0 Å². The Hall–Kier alpha value is -2.72. The molecule has 0 radical (unpaired) electrons. The molecule has 0 fully saturated rings. The van der Waals surface area contributed by atoms with Crippen LogP contribution in [0.15, 0.2) is 60.8 Å². The van der Waals surface area contributed by atoms with Crippen molar-refractivity contribution in [2.75, 3.05) is 13.7 Å². The van der Waals surface area contributed by atoms with Gasteiger partial charge >= 0.3 is 0 Å². The first-order valence-electron chi connectivity index (χ1n) is 8.58. The second-order valence-corrected chi connectivity index (χ2v) is 6.30. The van der Waals surface area contributed by atoms with Crippen molar-refractivity contribution in [1.82, 2.24) is 14.9 Å². The number of aromatic nitrogens is 2. The standard InChI is InChI=1S/C21H21N3O/c1-25-20-10-6-5-9-17(20)14-24-12-11-19-18(15-24)13-22-21(23-19)16-7-3-2-4-8-16/h2-10,13H,11-12,14-15H2,1H3. The summed E-state index contributed by atoms with van der Waals surface area (Å²) in [7, 11) is 1.73. The minimum atomic E-state index is 0.817. The predicted molar refractivity (Wildman–Crippen MR) is 98.3 cm³/mol. The Kier molecular flexibility index (Phi) is 4.44. The van der Waals surface area contributed by atoms with Gasteiger partial charge in [-0.25, -0.2) is 9.97 Å². The lowest BCUT2D eigenvalue weighted by Crippen LogP contribution is -2.31. The smallest absolute Gasteiger partial charge is 0.159 e. The normalized spacial score (nSPS) is 14.1. The van der Waals surface area contributed by atoms with Crippen LogP contribution in [0.5, 0.6) is 5.75 Å². The molecule has 0 spiro atoms. The number of para-hydroxylation sites is 1. The van der Waals surface area contributed by atoms with Crippen molar-refractivity contribution in [3.05, 3.63) is 77.6 Å². The molecule has 25 heavy (non-hydrogen) atoms. The molecule has 2 aromatic carbocycles. The van der Waals surface area contributed by atoms with E-state index in [0.29, 0.717) is 0 Å². The quantitative estimate of drug-likeness (QED) is 0.730. The molecule has 1 aliphatic heterocycles. The average molecular weight is 331 g/mol. The molecular weight excluding hydrogens is 310 g/mol. The third kappa shape index (κ3) is 3.39. The van der Waals surface area contributed by atoms with Gasteiger partial charge in [-0.3, -0.25) is 4.90 Å². The van der Waals surface area contributed by atoms with Gasteiger partial charge in [0, 0.05) is 48.9 Å². The third-order valence-corrected chi connectivity index (χ3v) is 4.63. The summed E-state index contributed by atoms with van der Waals surface area (Å²) in [6, 6.07) is 18.4. The van der Waals surface area contributed by atoms with E-state index in [-0.39, 0.29) is 0 Å². The highest BCUT2D eigenvalue weighted by Gasteiger charge is 2.19. The highest BCUT2D eigenvalue weighted by atomic mass is 16.5. The van der Waals surface area contributed by atoms with Gasteiger partial charge in [0.25, 0.3) is 0 Å². The van der Waals surface area contributed by atoms with Crippen molar-refractivity contribution in [3.8, 4) is 17.1 Å². The Bertz CT molecular complexity index is 864. The number of benzene rings is 2. The average Bonchev–Trinajstić information content (AvgIpc) is 2.68. The molecule has 0 amide bonds. The summed E-state index contributed by atoms with van der Waals surface area (Å²) in [6.07, 6.45) is 2.94. The van der Waals surface area contributed by atoms with Crippen LogP contribution in [-0.4, -0.2) is 28.5 Å². The van der Waals surface area contributed by atoms with E-state index in [2.05, 4.69) is 34.1 Å². The van der Waals surface area contributed by atoms with E-state index in [9.17, 15) is 0 Å². The zero-order valence-electron chi connectivity index (χ0n) is 14.4. The number of nitrogens with zero attached hydrogens (tertiary/aromatic N) is 3. The van der Waals surface area contributed by atoms with Crippen LogP contribution >= 0.6 is 0 Å². The maximum atomic E-state index is 5.47. The van der Waals surface area contributed by atoms with E-state index in [1.54, 1.807) is 7.11 Å². The van der Waals surface area contributed by atoms with Gasteiger partial charge in [-0.05, 0) is 6.07 Å². The van der Waals surface area contributed by atoms with Crippen molar-refractivity contribution in [1.29, 1.82) is 0 Å². The van der Waals surface area contributed by atoms with Crippen LogP contribution in [0.1, 0.15) is 16.8 Å². The summed E-state index contributed by atoms with van der Waals surface area (Å²) < 4.78 is 5.47. The van der Waals surface area contributed by atoms with Crippen LogP contribution in [0.3, 0.4) is 0 Å². The van der Waals surface area contributed by atoms with Crippen molar-refractivity contribution < 1.29 is 4.74 Å². The molecular formula is C21H21N3O. The second kappa shape index (κ2) is 7.03. The topological polar surface area (TPSA) is 38.2 Å². The Labute approximate surface area is 148 Å². The summed E-state index contributed by atoms with van der Waals surface area (Å²) >= 11 is 0. The Morgan fingerprint density at radius 1 is 1.04 bits per heavy atom. The largest absolute Gasteiger partial charge is 0.496 e. The van der Waals surface area contributed by atoms with Crippen LogP contribution in [0, 0.1) is 0 Å². The lowest BCUT2D eigenvalue weighted by atomic mass is 10.1. The summed E-state index contributed by atoms with van der Waals surface area (Å²) in [4.78, 5) is 11.8. The minimum Gasteiger partial charge on any atom is -0.496 e. The molecule has 4 heteroatoms. The molecule has 0 N–H and O–H groups in total. The fraction of sp³-hybridized carbons (Fsp3) is 0.238. The molecule has 1 aromatic heterocycles. The van der Waals surface area contributed by atoms with Gasteiger partial charge in [-0.1, -0.05) is 48.5 Å². The second-order valence-electron chi connectivity index (χ2n) is 6.30. The Balaban J connectivity index is 1.52. The highest BCUT2D eigenvalue weighted by molar-refractivity contribution is 5.54. The van der Waals surface area contributed by atoms with Gasteiger partial charge in [-0.2, -0.15) is 0 Å². The first-order chi connectivity index (χ1) is 12.3. The Morgan fingerprint density at radius 2 is 1.84 bits per heavy atom. The maximum Gasteiger partial charge on any atom is 0.159 e. The van der Waals surface area contributed by atoms with Crippen LogP contribution < -0.4 is 4.74 Å². The van der Waals surface area contributed by atoms with Gasteiger partial charge in [0.15, 0.2) is 5.82 Å². The molecule has 126 valence electrons. The summed E-state index contributed by atoms with van der Waals surface area (Å²) in [5.41, 5.74) is 4.68. The molecule has 3 aromatic rings.